The van der Waals surface area contributed by atoms with Crippen LogP contribution in [0.4, 0.5) is 11.4 Å². The molecule has 0 saturated heterocycles. The highest BCUT2D eigenvalue weighted by Gasteiger charge is 2.16. The van der Waals surface area contributed by atoms with E-state index < -0.39 is 11.9 Å². The smallest absolute Gasteiger partial charge is 0.340 e. The van der Waals surface area contributed by atoms with Crippen LogP contribution in [0.5, 0.6) is 0 Å². The molecule has 5 N–H and O–H groups in total. The maximum atomic E-state index is 12.2. The van der Waals surface area contributed by atoms with Crippen LogP contribution < -0.4 is 11.5 Å². The number of benzene rings is 2. The molecule has 0 heterocycles. The largest absolute Gasteiger partial charge is 0.481 e. The molecular formula is C18H20N2O4. The number of nitrogens with two attached hydrogens (primary N) is 2. The first-order valence-electron chi connectivity index (χ1n) is 7.58. The van der Waals surface area contributed by atoms with Crippen LogP contribution in [0.1, 0.15) is 34.3 Å². The molecule has 0 amide bonds. The van der Waals surface area contributed by atoms with Crippen LogP contribution in [0.25, 0.3) is 0 Å². The minimum Gasteiger partial charge on any atom is -0.481 e. The van der Waals surface area contributed by atoms with Crippen molar-refractivity contribution in [2.24, 2.45) is 0 Å². The fourth-order valence-electron chi connectivity index (χ4n) is 2.31. The second-order valence-electron chi connectivity index (χ2n) is 5.41. The quantitative estimate of drug-likeness (QED) is 0.531. The van der Waals surface area contributed by atoms with Gasteiger partial charge in [-0.25, -0.2) is 4.79 Å². The van der Waals surface area contributed by atoms with E-state index >= 15 is 0 Å². The highest BCUT2D eigenvalue weighted by atomic mass is 16.5. The third-order valence-corrected chi connectivity index (χ3v) is 3.65. The van der Waals surface area contributed by atoms with Crippen molar-refractivity contribution in [1.29, 1.82) is 0 Å². The Bertz CT molecular complexity index is 729. The van der Waals surface area contributed by atoms with Gasteiger partial charge in [0.05, 0.1) is 16.9 Å². The number of carbonyl (C=O) groups excluding carboxylic acids is 1. The molecular weight excluding hydrogens is 308 g/mol. The zero-order valence-electron chi connectivity index (χ0n) is 13.2. The molecule has 24 heavy (non-hydrogen) atoms. The lowest BCUT2D eigenvalue weighted by atomic mass is 10.0. The number of esters is 1. The number of anilines is 2. The number of ether oxygens (including phenoxy) is 1. The highest BCUT2D eigenvalue weighted by molar-refractivity contribution is 5.98. The summed E-state index contributed by atoms with van der Waals surface area (Å²) in [4.78, 5) is 22.7. The first kappa shape index (κ1) is 17.3. The summed E-state index contributed by atoms with van der Waals surface area (Å²) < 4.78 is 5.25. The van der Waals surface area contributed by atoms with Crippen LogP contribution in [0.15, 0.2) is 42.5 Å². The SMILES string of the molecule is Nc1c(CCCC(=O)O)ccc(C(=O)OCc2ccccc2)c1N. The number of hydrogen-bond donors (Lipinski definition) is 3. The number of nitrogen functional groups attached to an aromatic ring is 2. The first-order chi connectivity index (χ1) is 11.5. The van der Waals surface area contributed by atoms with E-state index in [-0.39, 0.29) is 24.3 Å². The van der Waals surface area contributed by atoms with Crippen molar-refractivity contribution in [2.45, 2.75) is 25.9 Å². The van der Waals surface area contributed by atoms with Crippen LogP contribution in [0.2, 0.25) is 0 Å². The molecule has 0 atom stereocenters. The maximum Gasteiger partial charge on any atom is 0.340 e. The predicted molar refractivity (Wildman–Crippen MR) is 91.4 cm³/mol. The zero-order chi connectivity index (χ0) is 17.5. The molecule has 0 radical (unpaired) electrons. The van der Waals surface area contributed by atoms with Crippen molar-refractivity contribution >= 4 is 23.3 Å². The van der Waals surface area contributed by atoms with Crippen molar-refractivity contribution < 1.29 is 19.4 Å². The Balaban J connectivity index is 2.03. The number of hydrogen-bond acceptors (Lipinski definition) is 5. The molecule has 0 aliphatic heterocycles. The summed E-state index contributed by atoms with van der Waals surface area (Å²) in [5.41, 5.74) is 14.2. The summed E-state index contributed by atoms with van der Waals surface area (Å²) in [6, 6.07) is 12.6. The van der Waals surface area contributed by atoms with Gasteiger partial charge in [0, 0.05) is 6.42 Å². The van der Waals surface area contributed by atoms with Crippen LogP contribution in [-0.4, -0.2) is 17.0 Å². The Labute approximate surface area is 140 Å². The van der Waals surface area contributed by atoms with Crippen molar-refractivity contribution in [3.8, 4) is 0 Å². The van der Waals surface area contributed by atoms with Gasteiger partial charge < -0.3 is 21.3 Å². The van der Waals surface area contributed by atoms with Crippen LogP contribution in [0.3, 0.4) is 0 Å². The Morgan fingerprint density at radius 3 is 2.38 bits per heavy atom. The van der Waals surface area contributed by atoms with Crippen molar-refractivity contribution in [3.05, 3.63) is 59.2 Å². The standard InChI is InChI=1S/C18H20N2O4/c19-16-13(7-4-8-15(21)22)9-10-14(17(16)20)18(23)24-11-12-5-2-1-3-6-12/h1-3,5-6,9-10H,4,7-8,11,19-20H2,(H,21,22). The molecule has 0 aliphatic rings. The summed E-state index contributed by atoms with van der Waals surface area (Å²) >= 11 is 0. The minimum absolute atomic E-state index is 0.0558. The topological polar surface area (TPSA) is 116 Å². The van der Waals surface area contributed by atoms with E-state index in [0.717, 1.165) is 11.1 Å². The Morgan fingerprint density at radius 2 is 1.71 bits per heavy atom. The zero-order valence-corrected chi connectivity index (χ0v) is 13.2. The van der Waals surface area contributed by atoms with Gasteiger partial charge in [0.2, 0.25) is 0 Å². The van der Waals surface area contributed by atoms with Gasteiger partial charge in [-0.2, -0.15) is 0 Å². The molecule has 126 valence electrons. The van der Waals surface area contributed by atoms with Gasteiger partial charge >= 0.3 is 11.9 Å². The molecule has 0 spiro atoms. The van der Waals surface area contributed by atoms with Gasteiger partial charge in [0.1, 0.15) is 6.61 Å². The fourth-order valence-corrected chi connectivity index (χ4v) is 2.31. The lowest BCUT2D eigenvalue weighted by molar-refractivity contribution is -0.137. The van der Waals surface area contributed by atoms with E-state index in [0.29, 0.717) is 18.5 Å². The Hall–Kier alpha value is -3.02. The summed E-state index contributed by atoms with van der Waals surface area (Å²) in [6.07, 6.45) is 0.999. The molecule has 0 fully saturated rings. The van der Waals surface area contributed by atoms with E-state index in [1.807, 2.05) is 30.3 Å². The summed E-state index contributed by atoms with van der Waals surface area (Å²) in [5, 5.41) is 8.67. The van der Waals surface area contributed by atoms with E-state index in [4.69, 9.17) is 21.3 Å². The number of carboxylic acids is 1. The minimum atomic E-state index is -0.859. The second kappa shape index (κ2) is 8.01. The summed E-state index contributed by atoms with van der Waals surface area (Å²) in [7, 11) is 0. The van der Waals surface area contributed by atoms with Gasteiger partial charge in [-0.15, -0.1) is 0 Å². The van der Waals surface area contributed by atoms with Crippen LogP contribution >= 0.6 is 0 Å². The fraction of sp³-hybridized carbons (Fsp3) is 0.222. The molecule has 2 aromatic carbocycles. The molecule has 6 heteroatoms. The maximum absolute atomic E-state index is 12.2. The molecule has 0 aliphatic carbocycles. The van der Waals surface area contributed by atoms with E-state index in [1.54, 1.807) is 12.1 Å². The van der Waals surface area contributed by atoms with E-state index in [9.17, 15) is 9.59 Å². The predicted octanol–water partition coefficient (Wildman–Crippen LogP) is 2.62. The highest BCUT2D eigenvalue weighted by Crippen LogP contribution is 2.26. The molecule has 0 unspecified atom stereocenters. The van der Waals surface area contributed by atoms with E-state index in [2.05, 4.69) is 0 Å². The lowest BCUT2D eigenvalue weighted by Gasteiger charge is -2.12. The van der Waals surface area contributed by atoms with Gasteiger partial charge in [0.25, 0.3) is 0 Å². The number of aryl methyl sites for hydroxylation is 1. The van der Waals surface area contributed by atoms with Crippen LogP contribution in [0, 0.1) is 0 Å². The number of carbonyl (C=O) groups is 2. The van der Waals surface area contributed by atoms with Gasteiger partial charge in [0.15, 0.2) is 0 Å². The third-order valence-electron chi connectivity index (χ3n) is 3.65. The number of rotatable bonds is 7. The normalized spacial score (nSPS) is 10.3. The molecule has 2 aromatic rings. The third kappa shape index (κ3) is 4.49. The second-order valence-corrected chi connectivity index (χ2v) is 5.41. The number of carboxylic acid groups (broad SMARTS) is 1. The van der Waals surface area contributed by atoms with Crippen molar-refractivity contribution in [2.75, 3.05) is 11.5 Å². The van der Waals surface area contributed by atoms with Crippen molar-refractivity contribution in [3.63, 3.8) is 0 Å². The molecule has 0 saturated carbocycles. The average Bonchev–Trinajstić information content (AvgIpc) is 2.57. The Morgan fingerprint density at radius 1 is 1.00 bits per heavy atom. The summed E-state index contributed by atoms with van der Waals surface area (Å²) in [6.45, 7) is 0.152. The Kier molecular flexibility index (Phi) is 5.78. The van der Waals surface area contributed by atoms with Gasteiger partial charge in [-0.1, -0.05) is 36.4 Å². The average molecular weight is 328 g/mol. The van der Waals surface area contributed by atoms with E-state index in [1.165, 1.54) is 0 Å². The van der Waals surface area contributed by atoms with Crippen molar-refractivity contribution in [1.82, 2.24) is 0 Å². The van der Waals surface area contributed by atoms with Gasteiger partial charge in [-0.05, 0) is 30.0 Å². The summed E-state index contributed by atoms with van der Waals surface area (Å²) in [5.74, 6) is -1.40. The molecule has 0 aromatic heterocycles. The van der Waals surface area contributed by atoms with Gasteiger partial charge in [-0.3, -0.25) is 4.79 Å². The molecule has 6 nitrogen and oxygen atoms in total. The van der Waals surface area contributed by atoms with Crippen LogP contribution in [-0.2, 0) is 22.6 Å². The number of aliphatic carboxylic acids is 1. The first-order valence-corrected chi connectivity index (χ1v) is 7.58. The monoisotopic (exact) mass is 328 g/mol. The lowest BCUT2D eigenvalue weighted by Crippen LogP contribution is -2.11. The molecule has 2 rings (SSSR count). The molecule has 0 bridgehead atoms.